The first-order chi connectivity index (χ1) is 14.5. The van der Waals surface area contributed by atoms with Crippen LogP contribution in [0.1, 0.15) is 33.5 Å². The van der Waals surface area contributed by atoms with Gasteiger partial charge in [0.25, 0.3) is 5.91 Å². The van der Waals surface area contributed by atoms with Crippen molar-refractivity contribution in [3.63, 3.8) is 0 Å². The molecule has 0 aliphatic rings. The molecule has 3 aromatic rings. The summed E-state index contributed by atoms with van der Waals surface area (Å²) >= 11 is 1.57. The van der Waals surface area contributed by atoms with Crippen LogP contribution in [0, 0.1) is 6.92 Å². The van der Waals surface area contributed by atoms with Crippen LogP contribution in [-0.4, -0.2) is 34.9 Å². The Morgan fingerprint density at radius 3 is 2.43 bits per heavy atom. The Labute approximate surface area is 180 Å². The molecule has 0 atom stereocenters. The Bertz CT molecular complexity index is 970. The van der Waals surface area contributed by atoms with Gasteiger partial charge < -0.3 is 14.4 Å². The molecule has 156 valence electrons. The molecule has 30 heavy (non-hydrogen) atoms. The maximum atomic E-state index is 12.4. The lowest BCUT2D eigenvalue weighted by atomic mass is 10.2. The zero-order valence-corrected chi connectivity index (χ0v) is 17.9. The van der Waals surface area contributed by atoms with Crippen molar-refractivity contribution in [3.8, 4) is 5.75 Å². The number of ether oxygens (including phenoxy) is 2. The van der Waals surface area contributed by atoms with Gasteiger partial charge in [-0.25, -0.2) is 9.78 Å². The van der Waals surface area contributed by atoms with Gasteiger partial charge in [-0.1, -0.05) is 30.3 Å². The van der Waals surface area contributed by atoms with E-state index in [9.17, 15) is 9.59 Å². The van der Waals surface area contributed by atoms with Gasteiger partial charge in [-0.3, -0.25) is 4.79 Å². The Morgan fingerprint density at radius 1 is 1.07 bits per heavy atom. The largest absolute Gasteiger partial charge is 0.487 e. The van der Waals surface area contributed by atoms with Gasteiger partial charge in [0.1, 0.15) is 12.4 Å². The van der Waals surface area contributed by atoms with Crippen LogP contribution < -0.4 is 4.74 Å². The van der Waals surface area contributed by atoms with Crippen LogP contribution in [-0.2, 0) is 22.7 Å². The number of aromatic nitrogens is 1. The first-order valence-electron chi connectivity index (χ1n) is 9.68. The molecule has 0 radical (unpaired) electrons. The molecule has 7 heteroatoms. The normalized spacial score (nSPS) is 10.5. The van der Waals surface area contributed by atoms with E-state index in [0.29, 0.717) is 31.0 Å². The number of nitrogens with zero attached hydrogens (tertiary/aromatic N) is 2. The third-order valence-corrected chi connectivity index (χ3v) is 5.24. The molecule has 0 N–H and O–H groups in total. The van der Waals surface area contributed by atoms with Crippen molar-refractivity contribution in [3.05, 3.63) is 81.8 Å². The van der Waals surface area contributed by atoms with Crippen molar-refractivity contribution >= 4 is 23.2 Å². The summed E-state index contributed by atoms with van der Waals surface area (Å²) in [6.07, 6.45) is 0. The zero-order valence-electron chi connectivity index (χ0n) is 17.0. The minimum atomic E-state index is -0.541. The molecule has 1 heterocycles. The van der Waals surface area contributed by atoms with Gasteiger partial charge in [0, 0.05) is 18.5 Å². The van der Waals surface area contributed by atoms with E-state index in [1.54, 1.807) is 40.5 Å². The highest BCUT2D eigenvalue weighted by molar-refractivity contribution is 7.09. The van der Waals surface area contributed by atoms with Gasteiger partial charge in [-0.15, -0.1) is 11.3 Å². The van der Waals surface area contributed by atoms with Gasteiger partial charge in [0.15, 0.2) is 6.61 Å². The molecule has 1 amide bonds. The van der Waals surface area contributed by atoms with E-state index in [1.807, 2.05) is 49.6 Å². The summed E-state index contributed by atoms with van der Waals surface area (Å²) < 4.78 is 10.9. The summed E-state index contributed by atoms with van der Waals surface area (Å²) in [7, 11) is 0. The molecule has 0 aliphatic carbocycles. The third kappa shape index (κ3) is 6.15. The Kier molecular flexibility index (Phi) is 7.57. The summed E-state index contributed by atoms with van der Waals surface area (Å²) in [6.45, 7) is 4.95. The molecule has 6 nitrogen and oxygen atoms in total. The number of aryl methyl sites for hydroxylation is 1. The molecule has 0 spiro atoms. The van der Waals surface area contributed by atoms with Crippen LogP contribution in [0.3, 0.4) is 0 Å². The number of amides is 1. The van der Waals surface area contributed by atoms with E-state index < -0.39 is 5.97 Å². The minimum absolute atomic E-state index is 0.229. The first kappa shape index (κ1) is 21.5. The highest BCUT2D eigenvalue weighted by Gasteiger charge is 2.16. The topological polar surface area (TPSA) is 68.7 Å². The van der Waals surface area contributed by atoms with Gasteiger partial charge in [0.05, 0.1) is 16.3 Å². The molecule has 0 saturated carbocycles. The fourth-order valence-corrected chi connectivity index (χ4v) is 3.40. The fourth-order valence-electron chi connectivity index (χ4n) is 2.80. The van der Waals surface area contributed by atoms with Crippen LogP contribution in [0.2, 0.25) is 0 Å². The van der Waals surface area contributed by atoms with E-state index >= 15 is 0 Å². The number of hydrogen-bond donors (Lipinski definition) is 0. The smallest absolute Gasteiger partial charge is 0.338 e. The van der Waals surface area contributed by atoms with E-state index in [0.717, 1.165) is 16.3 Å². The molecule has 0 aliphatic heterocycles. The van der Waals surface area contributed by atoms with Crippen LogP contribution in [0.5, 0.6) is 5.75 Å². The van der Waals surface area contributed by atoms with Gasteiger partial charge >= 0.3 is 5.97 Å². The molecule has 0 fully saturated rings. The van der Waals surface area contributed by atoms with Crippen molar-refractivity contribution in [2.75, 3.05) is 13.2 Å². The standard InChI is InChI=1S/C23H24N2O4S/c1-3-25(13-18-7-5-4-6-8-18)22(26)15-29-23(27)19-9-11-21(12-10-19)28-14-20-16-30-17(2)24-20/h4-12,16H,3,13-15H2,1-2H3. The summed E-state index contributed by atoms with van der Waals surface area (Å²) in [6, 6.07) is 16.3. The number of carbonyl (C=O) groups excluding carboxylic acids is 2. The predicted octanol–water partition coefficient (Wildman–Crippen LogP) is 4.24. The van der Waals surface area contributed by atoms with Gasteiger partial charge in [-0.2, -0.15) is 0 Å². The number of likely N-dealkylation sites (N-methyl/N-ethyl adjacent to an activating group) is 1. The van der Waals surface area contributed by atoms with Crippen molar-refractivity contribution in [1.29, 1.82) is 0 Å². The maximum Gasteiger partial charge on any atom is 0.338 e. The maximum absolute atomic E-state index is 12.4. The number of hydrogen-bond acceptors (Lipinski definition) is 6. The number of carbonyl (C=O) groups is 2. The van der Waals surface area contributed by atoms with Crippen LogP contribution >= 0.6 is 11.3 Å². The summed E-state index contributed by atoms with van der Waals surface area (Å²) in [4.78, 5) is 30.7. The number of benzene rings is 2. The number of esters is 1. The Morgan fingerprint density at radius 2 is 1.80 bits per heavy atom. The highest BCUT2D eigenvalue weighted by atomic mass is 32.1. The van der Waals surface area contributed by atoms with Crippen molar-refractivity contribution in [2.24, 2.45) is 0 Å². The first-order valence-corrected chi connectivity index (χ1v) is 10.6. The van der Waals surface area contributed by atoms with Gasteiger partial charge in [0.2, 0.25) is 0 Å². The van der Waals surface area contributed by atoms with Crippen molar-refractivity contribution < 1.29 is 19.1 Å². The summed E-state index contributed by atoms with van der Waals surface area (Å²) in [5, 5.41) is 2.95. The molecular weight excluding hydrogens is 400 g/mol. The second-order valence-electron chi connectivity index (χ2n) is 6.64. The second kappa shape index (κ2) is 10.5. The fraction of sp³-hybridized carbons (Fsp3) is 0.261. The van der Waals surface area contributed by atoms with Crippen molar-refractivity contribution in [2.45, 2.75) is 27.0 Å². The van der Waals surface area contributed by atoms with E-state index in [4.69, 9.17) is 9.47 Å². The van der Waals surface area contributed by atoms with Crippen LogP contribution in [0.15, 0.2) is 60.0 Å². The van der Waals surface area contributed by atoms with Crippen LogP contribution in [0.25, 0.3) is 0 Å². The van der Waals surface area contributed by atoms with E-state index in [2.05, 4.69) is 4.98 Å². The second-order valence-corrected chi connectivity index (χ2v) is 7.70. The lowest BCUT2D eigenvalue weighted by Crippen LogP contribution is -2.34. The third-order valence-electron chi connectivity index (χ3n) is 4.42. The molecule has 0 saturated heterocycles. The lowest BCUT2D eigenvalue weighted by molar-refractivity contribution is -0.134. The average Bonchev–Trinajstić information content (AvgIpc) is 3.20. The molecule has 3 rings (SSSR count). The monoisotopic (exact) mass is 424 g/mol. The van der Waals surface area contributed by atoms with E-state index in [-0.39, 0.29) is 12.5 Å². The molecular formula is C23H24N2O4S. The average molecular weight is 425 g/mol. The predicted molar refractivity (Wildman–Crippen MR) is 115 cm³/mol. The molecule has 0 bridgehead atoms. The molecule has 0 unspecified atom stereocenters. The quantitative estimate of drug-likeness (QED) is 0.481. The number of thiazole rings is 1. The van der Waals surface area contributed by atoms with Gasteiger partial charge in [-0.05, 0) is 43.7 Å². The zero-order chi connectivity index (χ0) is 21.3. The molecule has 1 aromatic heterocycles. The van der Waals surface area contributed by atoms with Crippen LogP contribution in [0.4, 0.5) is 0 Å². The number of rotatable bonds is 9. The summed E-state index contributed by atoms with van der Waals surface area (Å²) in [5.74, 6) is -0.137. The van der Waals surface area contributed by atoms with E-state index in [1.165, 1.54) is 0 Å². The highest BCUT2D eigenvalue weighted by Crippen LogP contribution is 2.16. The van der Waals surface area contributed by atoms with Crippen molar-refractivity contribution in [1.82, 2.24) is 9.88 Å². The Hall–Kier alpha value is -3.19. The minimum Gasteiger partial charge on any atom is -0.487 e. The lowest BCUT2D eigenvalue weighted by Gasteiger charge is -2.20. The Balaban J connectivity index is 1.48. The summed E-state index contributed by atoms with van der Waals surface area (Å²) in [5.41, 5.74) is 2.27. The molecule has 2 aromatic carbocycles. The SMILES string of the molecule is CCN(Cc1ccccc1)C(=O)COC(=O)c1ccc(OCc2csc(C)n2)cc1.